The molecule has 0 N–H and O–H groups in total. The Hall–Kier alpha value is -1.98. The van der Waals surface area contributed by atoms with Crippen LogP contribution in [0.3, 0.4) is 0 Å². The summed E-state index contributed by atoms with van der Waals surface area (Å²) < 4.78 is 7.18. The third kappa shape index (κ3) is 3.68. The average Bonchev–Trinajstić information content (AvgIpc) is 2.95. The third-order valence-electron chi connectivity index (χ3n) is 3.46. The van der Waals surface area contributed by atoms with E-state index in [1.165, 1.54) is 5.56 Å². The molecule has 1 heterocycles. The van der Waals surface area contributed by atoms with E-state index in [2.05, 4.69) is 10.2 Å². The van der Waals surface area contributed by atoms with Crippen molar-refractivity contribution >= 4 is 23.4 Å². The van der Waals surface area contributed by atoms with Gasteiger partial charge in [0, 0.05) is 23.4 Å². The number of hydrogen-bond acceptors (Lipinski definition) is 4. The molecule has 0 aliphatic heterocycles. The number of aromatic nitrogens is 3. The molecule has 2 aromatic carbocycles. The van der Waals surface area contributed by atoms with E-state index in [9.17, 15) is 0 Å². The molecule has 3 aromatic rings. The van der Waals surface area contributed by atoms with Gasteiger partial charge in [0.2, 0.25) is 0 Å². The molecule has 1 aromatic heterocycles. The van der Waals surface area contributed by atoms with Crippen LogP contribution in [0.15, 0.2) is 53.7 Å². The summed E-state index contributed by atoms with van der Waals surface area (Å²) in [6.07, 6.45) is 0. The molecule has 0 atom stereocenters. The van der Waals surface area contributed by atoms with E-state index in [0.717, 1.165) is 33.1 Å². The molecule has 6 heteroatoms. The summed E-state index contributed by atoms with van der Waals surface area (Å²) in [5.74, 6) is 2.49. The lowest BCUT2D eigenvalue weighted by atomic mass is 10.2. The summed E-state index contributed by atoms with van der Waals surface area (Å²) in [6, 6.07) is 15.7. The molecule has 0 saturated carbocycles. The van der Waals surface area contributed by atoms with Gasteiger partial charge in [-0.1, -0.05) is 35.5 Å². The second-order valence-corrected chi connectivity index (χ2v) is 6.39. The number of methoxy groups -OCH3 is 1. The highest BCUT2D eigenvalue weighted by atomic mass is 35.5. The van der Waals surface area contributed by atoms with Crippen LogP contribution in [0.5, 0.6) is 5.75 Å². The molecule has 23 heavy (non-hydrogen) atoms. The zero-order valence-electron chi connectivity index (χ0n) is 12.9. The molecule has 0 amide bonds. The zero-order valence-corrected chi connectivity index (χ0v) is 14.4. The Balaban J connectivity index is 1.74. The molecule has 0 aliphatic carbocycles. The van der Waals surface area contributed by atoms with Crippen molar-refractivity contribution in [2.75, 3.05) is 7.11 Å². The Morgan fingerprint density at radius 2 is 1.74 bits per heavy atom. The number of halogens is 1. The highest BCUT2D eigenvalue weighted by Gasteiger charge is 2.11. The van der Waals surface area contributed by atoms with Gasteiger partial charge in [-0.3, -0.25) is 0 Å². The van der Waals surface area contributed by atoms with Gasteiger partial charge >= 0.3 is 0 Å². The number of nitrogens with zero attached hydrogens (tertiary/aromatic N) is 3. The lowest BCUT2D eigenvalue weighted by Crippen LogP contribution is -1.95. The first-order valence-electron chi connectivity index (χ1n) is 7.08. The Morgan fingerprint density at radius 3 is 2.39 bits per heavy atom. The van der Waals surface area contributed by atoms with Gasteiger partial charge in [0.1, 0.15) is 5.75 Å². The smallest absolute Gasteiger partial charge is 0.191 e. The van der Waals surface area contributed by atoms with Crippen molar-refractivity contribution in [2.24, 2.45) is 7.05 Å². The summed E-state index contributed by atoms with van der Waals surface area (Å²) in [5.41, 5.74) is 2.22. The predicted molar refractivity (Wildman–Crippen MR) is 94.0 cm³/mol. The number of benzene rings is 2. The first kappa shape index (κ1) is 15.9. The van der Waals surface area contributed by atoms with Crippen LogP contribution in [0.4, 0.5) is 0 Å². The second-order valence-electron chi connectivity index (χ2n) is 5.01. The average molecular weight is 346 g/mol. The van der Waals surface area contributed by atoms with Crippen molar-refractivity contribution in [1.29, 1.82) is 0 Å². The van der Waals surface area contributed by atoms with E-state index in [1.54, 1.807) is 18.9 Å². The van der Waals surface area contributed by atoms with Crippen LogP contribution >= 0.6 is 23.4 Å². The lowest BCUT2D eigenvalue weighted by molar-refractivity contribution is 0.415. The van der Waals surface area contributed by atoms with E-state index in [1.807, 2.05) is 60.1 Å². The van der Waals surface area contributed by atoms with Crippen LogP contribution < -0.4 is 4.74 Å². The molecule has 118 valence electrons. The molecule has 0 fully saturated rings. The minimum absolute atomic E-state index is 0.749. The van der Waals surface area contributed by atoms with Crippen LogP contribution in [0.25, 0.3) is 11.4 Å². The van der Waals surface area contributed by atoms with Crippen molar-refractivity contribution < 1.29 is 4.74 Å². The number of ether oxygens (including phenoxy) is 1. The van der Waals surface area contributed by atoms with E-state index >= 15 is 0 Å². The molecule has 3 rings (SSSR count). The largest absolute Gasteiger partial charge is 0.497 e. The number of thioether (sulfide) groups is 1. The van der Waals surface area contributed by atoms with E-state index in [-0.39, 0.29) is 0 Å². The molecular weight excluding hydrogens is 330 g/mol. The predicted octanol–water partition coefficient (Wildman–Crippen LogP) is 4.44. The van der Waals surface area contributed by atoms with Crippen molar-refractivity contribution in [3.63, 3.8) is 0 Å². The molecular formula is C17H16ClN3OS. The SMILES string of the molecule is COc1ccc(-c2nnc(SCc3ccc(Cl)cc3)n2C)cc1. The third-order valence-corrected chi connectivity index (χ3v) is 4.81. The van der Waals surface area contributed by atoms with Crippen LogP contribution in [0, 0.1) is 0 Å². The highest BCUT2D eigenvalue weighted by molar-refractivity contribution is 7.98. The summed E-state index contributed by atoms with van der Waals surface area (Å²) >= 11 is 7.56. The first-order chi connectivity index (χ1) is 11.2. The lowest BCUT2D eigenvalue weighted by Gasteiger charge is -2.05. The minimum atomic E-state index is 0.749. The van der Waals surface area contributed by atoms with Crippen LogP contribution in [-0.4, -0.2) is 21.9 Å². The van der Waals surface area contributed by atoms with Gasteiger partial charge < -0.3 is 9.30 Å². The summed E-state index contributed by atoms with van der Waals surface area (Å²) in [5, 5.41) is 10.2. The fourth-order valence-electron chi connectivity index (χ4n) is 2.16. The summed E-state index contributed by atoms with van der Waals surface area (Å²) in [4.78, 5) is 0. The first-order valence-corrected chi connectivity index (χ1v) is 8.45. The number of rotatable bonds is 5. The van der Waals surface area contributed by atoms with E-state index < -0.39 is 0 Å². The van der Waals surface area contributed by atoms with Crippen LogP contribution in [-0.2, 0) is 12.8 Å². The summed E-state index contributed by atoms with van der Waals surface area (Å²) in [7, 11) is 3.63. The van der Waals surface area contributed by atoms with Gasteiger partial charge in [-0.05, 0) is 42.0 Å². The number of hydrogen-bond donors (Lipinski definition) is 0. The van der Waals surface area contributed by atoms with Crippen LogP contribution in [0.2, 0.25) is 5.02 Å². The Kier molecular flexibility index (Phi) is 4.88. The topological polar surface area (TPSA) is 39.9 Å². The molecule has 0 radical (unpaired) electrons. The molecule has 4 nitrogen and oxygen atoms in total. The normalized spacial score (nSPS) is 10.7. The second kappa shape index (κ2) is 7.06. The van der Waals surface area contributed by atoms with Gasteiger partial charge in [-0.25, -0.2) is 0 Å². The fourth-order valence-corrected chi connectivity index (χ4v) is 3.15. The Bertz CT molecular complexity index is 785. The minimum Gasteiger partial charge on any atom is -0.497 e. The van der Waals surface area contributed by atoms with Crippen molar-refractivity contribution in [3.05, 3.63) is 59.1 Å². The maximum absolute atomic E-state index is 5.90. The quantitative estimate of drug-likeness (QED) is 0.641. The van der Waals surface area contributed by atoms with Gasteiger partial charge in [-0.2, -0.15) is 0 Å². The standard InChI is InChI=1S/C17H16ClN3OS/c1-21-16(13-5-9-15(22-2)10-6-13)19-20-17(21)23-11-12-3-7-14(18)8-4-12/h3-10H,11H2,1-2H3. The van der Waals surface area contributed by atoms with Crippen molar-refractivity contribution in [3.8, 4) is 17.1 Å². The zero-order chi connectivity index (χ0) is 16.2. The van der Waals surface area contributed by atoms with Gasteiger partial charge in [0.05, 0.1) is 7.11 Å². The monoisotopic (exact) mass is 345 g/mol. The van der Waals surface area contributed by atoms with E-state index in [4.69, 9.17) is 16.3 Å². The van der Waals surface area contributed by atoms with E-state index in [0.29, 0.717) is 0 Å². The maximum Gasteiger partial charge on any atom is 0.191 e. The summed E-state index contributed by atoms with van der Waals surface area (Å²) in [6.45, 7) is 0. The van der Waals surface area contributed by atoms with Crippen LogP contribution in [0.1, 0.15) is 5.56 Å². The van der Waals surface area contributed by atoms with Crippen molar-refractivity contribution in [1.82, 2.24) is 14.8 Å². The van der Waals surface area contributed by atoms with Crippen molar-refractivity contribution in [2.45, 2.75) is 10.9 Å². The fraction of sp³-hybridized carbons (Fsp3) is 0.176. The van der Waals surface area contributed by atoms with Gasteiger partial charge in [0.25, 0.3) is 0 Å². The molecule has 0 aliphatic rings. The molecule has 0 saturated heterocycles. The van der Waals surface area contributed by atoms with Gasteiger partial charge in [0.15, 0.2) is 11.0 Å². The highest BCUT2D eigenvalue weighted by Crippen LogP contribution is 2.26. The Labute approximate surface area is 144 Å². The molecule has 0 spiro atoms. The molecule has 0 unspecified atom stereocenters. The molecule has 0 bridgehead atoms. The van der Waals surface area contributed by atoms with Gasteiger partial charge in [-0.15, -0.1) is 10.2 Å². The Morgan fingerprint density at radius 1 is 1.04 bits per heavy atom. The maximum atomic E-state index is 5.90.